The van der Waals surface area contributed by atoms with E-state index in [1.807, 2.05) is 12.1 Å². The fourth-order valence-electron chi connectivity index (χ4n) is 2.49. The number of benzene rings is 2. The monoisotopic (exact) mass is 356 g/mol. The van der Waals surface area contributed by atoms with Gasteiger partial charge in [-0.15, -0.1) is 0 Å². The summed E-state index contributed by atoms with van der Waals surface area (Å²) in [6.07, 6.45) is 0.141. The molecule has 2 aromatic carbocycles. The number of aryl methyl sites for hydroxylation is 1. The summed E-state index contributed by atoms with van der Waals surface area (Å²) >= 11 is 0. The third-order valence-electron chi connectivity index (χ3n) is 4.11. The maximum atomic E-state index is 13.1. The van der Waals surface area contributed by atoms with Crippen molar-refractivity contribution < 1.29 is 14.0 Å². The smallest absolute Gasteiger partial charge is 0.251 e. The molecule has 0 atom stereocenters. The zero-order valence-electron chi connectivity index (χ0n) is 15.7. The predicted molar refractivity (Wildman–Crippen MR) is 102 cm³/mol. The largest absolute Gasteiger partial charge is 0.352 e. The standard InChI is InChI=1S/C21H25FN2O2/c1-14-13-17(22)9-10-18(14)24-19(25)11-12-23-20(26)15-5-7-16(8-6-15)21(2,3)4/h5-10,13H,11-12H2,1-4H3,(H,23,26)(H,24,25). The molecule has 138 valence electrons. The van der Waals surface area contributed by atoms with Gasteiger partial charge < -0.3 is 10.6 Å². The van der Waals surface area contributed by atoms with Crippen LogP contribution in [0.5, 0.6) is 0 Å². The molecule has 2 amide bonds. The number of carbonyl (C=O) groups is 2. The van der Waals surface area contributed by atoms with Gasteiger partial charge in [0, 0.05) is 24.2 Å². The first-order valence-electron chi connectivity index (χ1n) is 8.61. The van der Waals surface area contributed by atoms with Crippen LogP contribution < -0.4 is 10.6 Å². The maximum Gasteiger partial charge on any atom is 0.251 e. The predicted octanol–water partition coefficient (Wildman–Crippen LogP) is 4.19. The van der Waals surface area contributed by atoms with Gasteiger partial charge in [-0.1, -0.05) is 32.9 Å². The molecule has 0 unspecified atom stereocenters. The molecular formula is C21H25FN2O2. The zero-order chi connectivity index (χ0) is 19.3. The van der Waals surface area contributed by atoms with Crippen molar-refractivity contribution in [1.29, 1.82) is 0 Å². The van der Waals surface area contributed by atoms with Crippen LogP contribution in [0.1, 0.15) is 48.7 Å². The minimum Gasteiger partial charge on any atom is -0.352 e. The van der Waals surface area contributed by atoms with Crippen LogP contribution in [-0.2, 0) is 10.2 Å². The van der Waals surface area contributed by atoms with Crippen LogP contribution in [-0.4, -0.2) is 18.4 Å². The van der Waals surface area contributed by atoms with Gasteiger partial charge in [0.1, 0.15) is 5.82 Å². The second-order valence-electron chi connectivity index (χ2n) is 7.34. The molecule has 0 saturated heterocycles. The highest BCUT2D eigenvalue weighted by atomic mass is 19.1. The van der Waals surface area contributed by atoms with Crippen molar-refractivity contribution in [3.05, 3.63) is 65.0 Å². The molecule has 0 aliphatic heterocycles. The summed E-state index contributed by atoms with van der Waals surface area (Å²) in [6.45, 7) is 8.30. The van der Waals surface area contributed by atoms with Gasteiger partial charge in [0.25, 0.3) is 5.91 Å². The molecule has 4 nitrogen and oxygen atoms in total. The number of amides is 2. The molecule has 0 heterocycles. The summed E-state index contributed by atoms with van der Waals surface area (Å²) in [5, 5.41) is 5.46. The Kier molecular flexibility index (Phi) is 6.14. The van der Waals surface area contributed by atoms with Gasteiger partial charge in [0.15, 0.2) is 0 Å². The maximum absolute atomic E-state index is 13.1. The SMILES string of the molecule is Cc1cc(F)ccc1NC(=O)CCNC(=O)c1ccc(C(C)(C)C)cc1. The van der Waals surface area contributed by atoms with E-state index in [2.05, 4.69) is 31.4 Å². The number of carbonyl (C=O) groups excluding carboxylic acids is 2. The lowest BCUT2D eigenvalue weighted by molar-refractivity contribution is -0.116. The fourth-order valence-corrected chi connectivity index (χ4v) is 2.49. The Morgan fingerprint density at radius 3 is 2.27 bits per heavy atom. The number of hydrogen-bond donors (Lipinski definition) is 2. The summed E-state index contributed by atoms with van der Waals surface area (Å²) in [6, 6.07) is 11.6. The molecule has 0 fully saturated rings. The van der Waals surface area contributed by atoms with Gasteiger partial charge >= 0.3 is 0 Å². The summed E-state index contributed by atoms with van der Waals surface area (Å²) in [5.41, 5.74) is 2.98. The second kappa shape index (κ2) is 8.13. The Hall–Kier alpha value is -2.69. The molecule has 0 spiro atoms. The molecule has 0 saturated carbocycles. The third-order valence-corrected chi connectivity index (χ3v) is 4.11. The van der Waals surface area contributed by atoms with Gasteiger partial charge in [0.05, 0.1) is 0 Å². The molecule has 0 aromatic heterocycles. The Labute approximate surface area is 153 Å². The highest BCUT2D eigenvalue weighted by Crippen LogP contribution is 2.22. The highest BCUT2D eigenvalue weighted by Gasteiger charge is 2.14. The highest BCUT2D eigenvalue weighted by molar-refractivity contribution is 5.95. The van der Waals surface area contributed by atoms with Gasteiger partial charge in [-0.3, -0.25) is 9.59 Å². The summed E-state index contributed by atoms with van der Waals surface area (Å²) in [5.74, 6) is -0.787. The Morgan fingerprint density at radius 2 is 1.69 bits per heavy atom. The quantitative estimate of drug-likeness (QED) is 0.844. The van der Waals surface area contributed by atoms with E-state index in [9.17, 15) is 14.0 Å². The van der Waals surface area contributed by atoms with E-state index < -0.39 is 0 Å². The molecule has 0 aliphatic carbocycles. The third kappa shape index (κ3) is 5.41. The average molecular weight is 356 g/mol. The van der Waals surface area contributed by atoms with Gasteiger partial charge in [-0.05, 0) is 53.8 Å². The normalized spacial score (nSPS) is 11.1. The average Bonchev–Trinajstić information content (AvgIpc) is 2.56. The minimum atomic E-state index is -0.342. The lowest BCUT2D eigenvalue weighted by Crippen LogP contribution is -2.27. The van der Waals surface area contributed by atoms with Crippen molar-refractivity contribution in [2.45, 2.75) is 39.5 Å². The molecule has 0 bridgehead atoms. The van der Waals surface area contributed by atoms with E-state index in [0.29, 0.717) is 16.8 Å². The molecular weight excluding hydrogens is 331 g/mol. The van der Waals surface area contributed by atoms with Gasteiger partial charge in [-0.2, -0.15) is 0 Å². The lowest BCUT2D eigenvalue weighted by Gasteiger charge is -2.19. The van der Waals surface area contributed by atoms with Crippen LogP contribution in [0.3, 0.4) is 0 Å². The van der Waals surface area contributed by atoms with Crippen LogP contribution in [0.4, 0.5) is 10.1 Å². The molecule has 2 aromatic rings. The summed E-state index contributed by atoms with van der Waals surface area (Å²) < 4.78 is 13.1. The first-order valence-corrected chi connectivity index (χ1v) is 8.61. The molecule has 5 heteroatoms. The molecule has 0 radical (unpaired) electrons. The van der Waals surface area contributed by atoms with Crippen molar-refractivity contribution in [1.82, 2.24) is 5.32 Å². The number of hydrogen-bond acceptors (Lipinski definition) is 2. The summed E-state index contributed by atoms with van der Waals surface area (Å²) in [4.78, 5) is 24.1. The topological polar surface area (TPSA) is 58.2 Å². The van der Waals surface area contributed by atoms with E-state index in [1.54, 1.807) is 19.1 Å². The molecule has 26 heavy (non-hydrogen) atoms. The van der Waals surface area contributed by atoms with Gasteiger partial charge in [-0.25, -0.2) is 4.39 Å². The molecule has 0 aliphatic rings. The van der Waals surface area contributed by atoms with E-state index in [1.165, 1.54) is 18.2 Å². The lowest BCUT2D eigenvalue weighted by atomic mass is 9.87. The number of rotatable bonds is 5. The van der Waals surface area contributed by atoms with E-state index in [0.717, 1.165) is 5.56 Å². The molecule has 2 N–H and O–H groups in total. The number of halogens is 1. The van der Waals surface area contributed by atoms with Crippen LogP contribution in [0.15, 0.2) is 42.5 Å². The van der Waals surface area contributed by atoms with Gasteiger partial charge in [0.2, 0.25) is 5.91 Å². The van der Waals surface area contributed by atoms with Crippen LogP contribution in [0.25, 0.3) is 0 Å². The van der Waals surface area contributed by atoms with E-state index in [-0.39, 0.29) is 36.0 Å². The van der Waals surface area contributed by atoms with Crippen molar-refractivity contribution in [3.8, 4) is 0 Å². The Bertz CT molecular complexity index is 793. The van der Waals surface area contributed by atoms with Crippen LogP contribution >= 0.6 is 0 Å². The van der Waals surface area contributed by atoms with E-state index >= 15 is 0 Å². The fraction of sp³-hybridized carbons (Fsp3) is 0.333. The van der Waals surface area contributed by atoms with Crippen LogP contribution in [0.2, 0.25) is 0 Å². The summed E-state index contributed by atoms with van der Waals surface area (Å²) in [7, 11) is 0. The Balaban J connectivity index is 1.83. The van der Waals surface area contributed by atoms with Crippen molar-refractivity contribution in [2.24, 2.45) is 0 Å². The van der Waals surface area contributed by atoms with E-state index in [4.69, 9.17) is 0 Å². The molecule has 2 rings (SSSR count). The first-order chi connectivity index (χ1) is 12.2. The van der Waals surface area contributed by atoms with Crippen molar-refractivity contribution >= 4 is 17.5 Å². The zero-order valence-corrected chi connectivity index (χ0v) is 15.7. The Morgan fingerprint density at radius 1 is 1.04 bits per heavy atom. The first kappa shape index (κ1) is 19.6. The second-order valence-corrected chi connectivity index (χ2v) is 7.34. The number of nitrogens with one attached hydrogen (secondary N) is 2. The van der Waals surface area contributed by atoms with Crippen LogP contribution in [0, 0.1) is 12.7 Å². The minimum absolute atomic E-state index is 0.0333. The van der Waals surface area contributed by atoms with Crippen molar-refractivity contribution in [3.63, 3.8) is 0 Å². The number of anilines is 1. The van der Waals surface area contributed by atoms with Crippen molar-refractivity contribution in [2.75, 3.05) is 11.9 Å².